The molecule has 2 saturated heterocycles. The zero-order valence-electron chi connectivity index (χ0n) is 21.3. The minimum atomic E-state index is -0.635. The van der Waals surface area contributed by atoms with E-state index in [1.165, 1.54) is 0 Å². The number of benzene rings is 2. The van der Waals surface area contributed by atoms with E-state index in [2.05, 4.69) is 22.2 Å². The van der Waals surface area contributed by atoms with Crippen molar-refractivity contribution in [1.82, 2.24) is 14.7 Å². The van der Waals surface area contributed by atoms with Crippen molar-refractivity contribution in [3.8, 4) is 5.75 Å². The first-order valence-electron chi connectivity index (χ1n) is 12.4. The number of anilines is 2. The Bertz CT molecular complexity index is 1070. The van der Waals surface area contributed by atoms with Crippen LogP contribution < -0.4 is 15.0 Å². The maximum atomic E-state index is 13.6. The van der Waals surface area contributed by atoms with Gasteiger partial charge in [0, 0.05) is 38.4 Å². The predicted molar refractivity (Wildman–Crippen MR) is 147 cm³/mol. The van der Waals surface area contributed by atoms with Gasteiger partial charge in [0.15, 0.2) is 5.11 Å². The Hall–Kier alpha value is -3.01. The summed E-state index contributed by atoms with van der Waals surface area (Å²) in [5.74, 6) is 0.328. The lowest BCUT2D eigenvalue weighted by molar-refractivity contribution is -0.124. The lowest BCUT2D eigenvalue weighted by Crippen LogP contribution is -2.45. The monoisotopic (exact) mass is 509 g/mol. The van der Waals surface area contributed by atoms with Crippen LogP contribution in [0.3, 0.4) is 0 Å². The number of methoxy groups -OCH3 is 1. The molecule has 0 spiro atoms. The average molecular weight is 510 g/mol. The Morgan fingerprint density at radius 2 is 1.69 bits per heavy atom. The topological polar surface area (TPSA) is 68.4 Å². The van der Waals surface area contributed by atoms with Gasteiger partial charge >= 0.3 is 0 Å². The highest BCUT2D eigenvalue weighted by molar-refractivity contribution is 7.80. The molecular formula is C27H35N5O3S. The summed E-state index contributed by atoms with van der Waals surface area (Å²) in [6.07, 6.45) is 0.900. The molecule has 2 aromatic rings. The highest BCUT2D eigenvalue weighted by Gasteiger charge is 2.43. The van der Waals surface area contributed by atoms with Gasteiger partial charge in [-0.3, -0.25) is 14.5 Å². The molecule has 0 unspecified atom stereocenters. The smallest absolute Gasteiger partial charge is 0.256 e. The van der Waals surface area contributed by atoms with Crippen molar-refractivity contribution in [3.63, 3.8) is 0 Å². The number of carbonyl (C=O) groups excluding carboxylic acids is 2. The molecule has 2 aromatic carbocycles. The van der Waals surface area contributed by atoms with Gasteiger partial charge in [0.2, 0.25) is 5.91 Å². The van der Waals surface area contributed by atoms with Gasteiger partial charge < -0.3 is 24.8 Å². The van der Waals surface area contributed by atoms with Crippen LogP contribution in [0.1, 0.15) is 18.4 Å². The molecular weight excluding hydrogens is 474 g/mol. The first-order valence-corrected chi connectivity index (χ1v) is 12.8. The summed E-state index contributed by atoms with van der Waals surface area (Å²) < 4.78 is 5.18. The van der Waals surface area contributed by atoms with Crippen LogP contribution in [-0.4, -0.2) is 91.1 Å². The van der Waals surface area contributed by atoms with Gasteiger partial charge in [0.1, 0.15) is 11.8 Å². The number of hydrogen-bond donors (Lipinski definition) is 1. The van der Waals surface area contributed by atoms with Crippen LogP contribution in [0.15, 0.2) is 48.5 Å². The fraction of sp³-hybridized carbons (Fsp3) is 0.444. The number of piperazine rings is 1. The number of amides is 2. The first kappa shape index (κ1) is 26.1. The fourth-order valence-corrected chi connectivity index (χ4v) is 5.03. The number of aryl methyl sites for hydroxylation is 1. The van der Waals surface area contributed by atoms with Crippen molar-refractivity contribution < 1.29 is 14.3 Å². The molecule has 192 valence electrons. The number of ether oxygens (including phenoxy) is 1. The number of nitrogens with one attached hydrogen (secondary N) is 1. The zero-order valence-corrected chi connectivity index (χ0v) is 22.1. The number of likely N-dealkylation sites (N-methyl/N-ethyl adjacent to an activating group) is 1. The highest BCUT2D eigenvalue weighted by atomic mass is 32.1. The Kier molecular flexibility index (Phi) is 8.56. The van der Waals surface area contributed by atoms with Gasteiger partial charge in [0.05, 0.1) is 19.2 Å². The maximum Gasteiger partial charge on any atom is 0.256 e. The zero-order chi connectivity index (χ0) is 25.7. The second-order valence-electron chi connectivity index (χ2n) is 9.48. The Balaban J connectivity index is 1.45. The quantitative estimate of drug-likeness (QED) is 0.522. The van der Waals surface area contributed by atoms with Crippen molar-refractivity contribution in [2.45, 2.75) is 25.8 Å². The van der Waals surface area contributed by atoms with Gasteiger partial charge in [-0.1, -0.05) is 17.7 Å². The van der Waals surface area contributed by atoms with Gasteiger partial charge in [-0.25, -0.2) is 0 Å². The standard InChI is InChI=1S/C27H35N5O3S/c1-20-5-9-22(10-6-20)32-26(34)24(19-25(33)28-21-7-11-23(35-3)12-8-21)31(27(32)36)14-4-13-30-17-15-29(2)16-18-30/h5-12,24H,4,13-19H2,1-3H3,(H,28,33)/t24-/m0/s1. The van der Waals surface area contributed by atoms with Crippen molar-refractivity contribution in [2.75, 3.05) is 63.6 Å². The molecule has 0 bridgehead atoms. The minimum Gasteiger partial charge on any atom is -0.497 e. The Morgan fingerprint density at radius 1 is 1.03 bits per heavy atom. The largest absolute Gasteiger partial charge is 0.497 e. The summed E-state index contributed by atoms with van der Waals surface area (Å²) in [6.45, 7) is 7.79. The van der Waals surface area contributed by atoms with Crippen LogP contribution >= 0.6 is 12.2 Å². The van der Waals surface area contributed by atoms with Crippen molar-refractivity contribution in [2.24, 2.45) is 0 Å². The molecule has 0 aromatic heterocycles. The third-order valence-corrected chi connectivity index (χ3v) is 7.25. The molecule has 2 amide bonds. The summed E-state index contributed by atoms with van der Waals surface area (Å²) in [4.78, 5) is 34.8. The van der Waals surface area contributed by atoms with E-state index in [1.54, 1.807) is 36.3 Å². The number of carbonyl (C=O) groups is 2. The molecule has 4 rings (SSSR count). The third kappa shape index (κ3) is 6.21. The normalized spacial score (nSPS) is 19.1. The molecule has 0 radical (unpaired) electrons. The van der Waals surface area contributed by atoms with Crippen LogP contribution in [0.5, 0.6) is 5.75 Å². The summed E-state index contributed by atoms with van der Waals surface area (Å²) in [5, 5.41) is 3.36. The van der Waals surface area contributed by atoms with Crippen LogP contribution in [0.2, 0.25) is 0 Å². The number of nitrogens with zero attached hydrogens (tertiary/aromatic N) is 4. The number of hydrogen-bond acceptors (Lipinski definition) is 6. The van der Waals surface area contributed by atoms with Crippen LogP contribution in [-0.2, 0) is 9.59 Å². The molecule has 9 heteroatoms. The molecule has 1 N–H and O–H groups in total. The molecule has 2 aliphatic rings. The summed E-state index contributed by atoms with van der Waals surface area (Å²) in [5.41, 5.74) is 2.50. The van der Waals surface area contributed by atoms with Crippen LogP contribution in [0.25, 0.3) is 0 Å². The predicted octanol–water partition coefficient (Wildman–Crippen LogP) is 2.97. The average Bonchev–Trinajstić information content (AvgIpc) is 3.10. The minimum absolute atomic E-state index is 0.0296. The van der Waals surface area contributed by atoms with Gasteiger partial charge in [-0.2, -0.15) is 0 Å². The second kappa shape index (κ2) is 11.8. The third-order valence-electron chi connectivity index (χ3n) is 6.83. The van der Waals surface area contributed by atoms with Crippen molar-refractivity contribution >= 4 is 40.5 Å². The highest BCUT2D eigenvalue weighted by Crippen LogP contribution is 2.28. The SMILES string of the molecule is COc1ccc(NC(=O)C[C@H]2C(=O)N(c3ccc(C)cc3)C(=S)N2CCCN2CCN(C)CC2)cc1. The van der Waals surface area contributed by atoms with E-state index in [4.69, 9.17) is 17.0 Å². The first-order chi connectivity index (χ1) is 17.4. The Labute approximate surface area is 218 Å². The van der Waals surface area contributed by atoms with E-state index < -0.39 is 6.04 Å². The maximum absolute atomic E-state index is 13.6. The van der Waals surface area contributed by atoms with Crippen LogP contribution in [0, 0.1) is 6.92 Å². The van der Waals surface area contributed by atoms with E-state index in [0.29, 0.717) is 23.1 Å². The summed E-state index contributed by atoms with van der Waals surface area (Å²) in [6, 6.07) is 14.2. The molecule has 2 fully saturated rings. The van der Waals surface area contributed by atoms with E-state index in [1.807, 2.05) is 36.1 Å². The van der Waals surface area contributed by atoms with Gasteiger partial charge in [0.25, 0.3) is 5.91 Å². The van der Waals surface area contributed by atoms with Gasteiger partial charge in [-0.15, -0.1) is 0 Å². The van der Waals surface area contributed by atoms with E-state index >= 15 is 0 Å². The molecule has 1 atom stereocenters. The lowest BCUT2D eigenvalue weighted by Gasteiger charge is -2.33. The van der Waals surface area contributed by atoms with Crippen molar-refractivity contribution in [1.29, 1.82) is 0 Å². The number of rotatable bonds is 9. The second-order valence-corrected chi connectivity index (χ2v) is 9.85. The van der Waals surface area contributed by atoms with Gasteiger partial charge in [-0.05, 0) is 75.6 Å². The van der Waals surface area contributed by atoms with Crippen LogP contribution in [0.4, 0.5) is 11.4 Å². The van der Waals surface area contributed by atoms with E-state index in [9.17, 15) is 9.59 Å². The van der Waals surface area contributed by atoms with E-state index in [-0.39, 0.29) is 18.2 Å². The van der Waals surface area contributed by atoms with Crippen molar-refractivity contribution in [3.05, 3.63) is 54.1 Å². The molecule has 8 nitrogen and oxygen atoms in total. The lowest BCUT2D eigenvalue weighted by atomic mass is 10.1. The van der Waals surface area contributed by atoms with E-state index in [0.717, 1.165) is 50.4 Å². The summed E-state index contributed by atoms with van der Waals surface area (Å²) >= 11 is 5.79. The fourth-order valence-electron chi connectivity index (χ4n) is 4.62. The molecule has 0 aliphatic carbocycles. The Morgan fingerprint density at radius 3 is 2.33 bits per heavy atom. The molecule has 0 saturated carbocycles. The molecule has 2 heterocycles. The molecule has 36 heavy (non-hydrogen) atoms. The summed E-state index contributed by atoms with van der Waals surface area (Å²) in [7, 11) is 3.74. The molecule has 2 aliphatic heterocycles. The number of thiocarbonyl (C=S) groups is 1.